The largest absolute Gasteiger partial charge is 0.461 e. The van der Waals surface area contributed by atoms with E-state index in [0.717, 1.165) is 17.0 Å². The molecule has 4 nitrogen and oxygen atoms in total. The Kier molecular flexibility index (Phi) is 5.17. The molecule has 0 aliphatic heterocycles. The van der Waals surface area contributed by atoms with Crippen LogP contribution in [-0.4, -0.2) is 22.1 Å². The molecule has 0 spiro atoms. The van der Waals surface area contributed by atoms with E-state index < -0.39 is 0 Å². The van der Waals surface area contributed by atoms with Crippen molar-refractivity contribution in [3.05, 3.63) is 59.1 Å². The van der Waals surface area contributed by atoms with Crippen LogP contribution in [0.25, 0.3) is 5.57 Å². The molecule has 2 aromatic rings. The average molecular weight is 305 g/mol. The van der Waals surface area contributed by atoms with Gasteiger partial charge in [0.2, 0.25) is 0 Å². The van der Waals surface area contributed by atoms with E-state index in [9.17, 15) is 4.79 Å². The number of hydrogen-bond acceptors (Lipinski definition) is 3. The highest BCUT2D eigenvalue weighted by atomic mass is 35.5. The Hall–Kier alpha value is -2.07. The molecule has 0 amide bonds. The lowest BCUT2D eigenvalue weighted by atomic mass is 10.1. The molecule has 1 heterocycles. The van der Waals surface area contributed by atoms with Gasteiger partial charge in [-0.2, -0.15) is 0 Å². The van der Waals surface area contributed by atoms with Crippen LogP contribution in [-0.2, 0) is 16.1 Å². The Morgan fingerprint density at radius 2 is 2.29 bits per heavy atom. The molecule has 21 heavy (non-hydrogen) atoms. The number of hydrogen-bond donors (Lipinski definition) is 0. The number of ether oxygens (including phenoxy) is 1. The maximum Gasteiger partial charge on any atom is 0.331 e. The lowest BCUT2D eigenvalue weighted by molar-refractivity contribution is -0.137. The number of carbonyl (C=O) groups is 1. The van der Waals surface area contributed by atoms with Crippen LogP contribution in [0.4, 0.5) is 0 Å². The van der Waals surface area contributed by atoms with Crippen molar-refractivity contribution < 1.29 is 9.53 Å². The molecular weight excluding hydrogens is 288 g/mol. The van der Waals surface area contributed by atoms with Gasteiger partial charge in [-0.15, -0.1) is 0 Å². The maximum absolute atomic E-state index is 11.8. The topological polar surface area (TPSA) is 44.1 Å². The minimum atomic E-state index is -0.356. The van der Waals surface area contributed by atoms with Gasteiger partial charge in [0.1, 0.15) is 12.4 Å². The van der Waals surface area contributed by atoms with Crippen molar-refractivity contribution in [2.24, 2.45) is 0 Å². The van der Waals surface area contributed by atoms with E-state index in [1.165, 1.54) is 6.08 Å². The zero-order valence-corrected chi connectivity index (χ0v) is 12.8. The molecule has 0 saturated carbocycles. The zero-order valence-electron chi connectivity index (χ0n) is 12.0. The summed E-state index contributed by atoms with van der Waals surface area (Å²) in [4.78, 5) is 15.9. The second-order valence-electron chi connectivity index (χ2n) is 4.67. The first-order valence-corrected chi connectivity index (χ1v) is 7.03. The molecule has 110 valence electrons. The van der Waals surface area contributed by atoms with Crippen molar-refractivity contribution in [1.29, 1.82) is 0 Å². The van der Waals surface area contributed by atoms with Crippen LogP contribution in [0.1, 0.15) is 18.3 Å². The first kappa shape index (κ1) is 15.3. The maximum atomic E-state index is 11.8. The van der Waals surface area contributed by atoms with E-state index in [2.05, 4.69) is 4.98 Å². The minimum Gasteiger partial charge on any atom is -0.461 e. The SMILES string of the molecule is C/C(=C\C(=O)OCCn1ccnc1C)c1cccc(Cl)c1. The van der Waals surface area contributed by atoms with Crippen LogP contribution in [0.5, 0.6) is 0 Å². The second-order valence-corrected chi connectivity index (χ2v) is 5.11. The number of carbonyl (C=O) groups excluding carboxylic acids is 1. The summed E-state index contributed by atoms with van der Waals surface area (Å²) in [6.07, 6.45) is 5.06. The van der Waals surface area contributed by atoms with Gasteiger partial charge in [0.25, 0.3) is 0 Å². The predicted octanol–water partition coefficient (Wildman–Crippen LogP) is 3.49. The van der Waals surface area contributed by atoms with Crippen molar-refractivity contribution in [3.8, 4) is 0 Å². The highest BCUT2D eigenvalue weighted by Gasteiger charge is 2.03. The smallest absolute Gasteiger partial charge is 0.331 e. The molecule has 0 fully saturated rings. The third-order valence-electron chi connectivity index (χ3n) is 3.11. The van der Waals surface area contributed by atoms with Crippen molar-refractivity contribution >= 4 is 23.1 Å². The highest BCUT2D eigenvalue weighted by Crippen LogP contribution is 2.18. The van der Waals surface area contributed by atoms with Crippen LogP contribution in [0.2, 0.25) is 5.02 Å². The van der Waals surface area contributed by atoms with Gasteiger partial charge in [-0.25, -0.2) is 9.78 Å². The normalized spacial score (nSPS) is 11.5. The lowest BCUT2D eigenvalue weighted by Gasteiger charge is -2.06. The number of esters is 1. The van der Waals surface area contributed by atoms with Gasteiger partial charge in [0.15, 0.2) is 0 Å². The van der Waals surface area contributed by atoms with Crippen molar-refractivity contribution in [2.45, 2.75) is 20.4 Å². The monoisotopic (exact) mass is 304 g/mol. The standard InChI is InChI=1S/C16H17ClN2O2/c1-12(14-4-3-5-15(17)11-14)10-16(20)21-9-8-19-7-6-18-13(19)2/h3-7,10-11H,8-9H2,1-2H3/b12-10+. The van der Waals surface area contributed by atoms with Crippen molar-refractivity contribution in [1.82, 2.24) is 9.55 Å². The molecule has 0 saturated heterocycles. The molecule has 0 aliphatic carbocycles. The first-order valence-electron chi connectivity index (χ1n) is 6.65. The Morgan fingerprint density at radius 1 is 1.48 bits per heavy atom. The number of imidazole rings is 1. The number of benzene rings is 1. The average Bonchev–Trinajstić information content (AvgIpc) is 2.84. The van der Waals surface area contributed by atoms with Gasteiger partial charge in [0.05, 0.1) is 6.54 Å². The van der Waals surface area contributed by atoms with E-state index in [4.69, 9.17) is 16.3 Å². The molecular formula is C16H17ClN2O2. The Morgan fingerprint density at radius 3 is 2.95 bits per heavy atom. The Labute approximate surface area is 129 Å². The van der Waals surface area contributed by atoms with Crippen LogP contribution in [0.3, 0.4) is 0 Å². The van der Waals surface area contributed by atoms with Gasteiger partial charge < -0.3 is 9.30 Å². The fourth-order valence-electron chi connectivity index (χ4n) is 1.92. The number of aromatic nitrogens is 2. The molecule has 0 N–H and O–H groups in total. The van der Waals surface area contributed by atoms with E-state index in [1.807, 2.05) is 42.8 Å². The number of nitrogens with zero attached hydrogens (tertiary/aromatic N) is 2. The molecule has 0 aliphatic rings. The van der Waals surface area contributed by atoms with Crippen LogP contribution >= 0.6 is 11.6 Å². The third kappa shape index (κ3) is 4.46. The summed E-state index contributed by atoms with van der Waals surface area (Å²) in [5, 5.41) is 0.643. The molecule has 2 rings (SSSR count). The molecule has 0 bridgehead atoms. The van der Waals surface area contributed by atoms with Crippen LogP contribution in [0, 0.1) is 6.92 Å². The molecule has 0 atom stereocenters. The fraction of sp³-hybridized carbons (Fsp3) is 0.250. The van der Waals surface area contributed by atoms with E-state index in [0.29, 0.717) is 18.2 Å². The molecule has 0 unspecified atom stereocenters. The molecule has 1 aromatic heterocycles. The Balaban J connectivity index is 1.89. The van der Waals surface area contributed by atoms with Gasteiger partial charge in [-0.1, -0.05) is 23.7 Å². The number of allylic oxidation sites excluding steroid dienone is 1. The van der Waals surface area contributed by atoms with Crippen molar-refractivity contribution in [3.63, 3.8) is 0 Å². The van der Waals surface area contributed by atoms with Crippen LogP contribution in [0.15, 0.2) is 42.7 Å². The summed E-state index contributed by atoms with van der Waals surface area (Å²) < 4.78 is 7.13. The zero-order chi connectivity index (χ0) is 15.2. The van der Waals surface area contributed by atoms with E-state index in [-0.39, 0.29) is 5.97 Å². The van der Waals surface area contributed by atoms with E-state index in [1.54, 1.807) is 12.3 Å². The van der Waals surface area contributed by atoms with Gasteiger partial charge in [-0.05, 0) is 37.1 Å². The predicted molar refractivity (Wildman–Crippen MR) is 83.0 cm³/mol. The van der Waals surface area contributed by atoms with Gasteiger partial charge in [-0.3, -0.25) is 0 Å². The Bertz CT molecular complexity index is 662. The first-order chi connectivity index (χ1) is 10.1. The quantitative estimate of drug-likeness (QED) is 0.627. The molecule has 0 radical (unpaired) electrons. The third-order valence-corrected chi connectivity index (χ3v) is 3.35. The summed E-state index contributed by atoms with van der Waals surface area (Å²) >= 11 is 5.93. The van der Waals surface area contributed by atoms with Crippen LogP contribution < -0.4 is 0 Å². The van der Waals surface area contributed by atoms with Crippen molar-refractivity contribution in [2.75, 3.05) is 6.61 Å². The summed E-state index contributed by atoms with van der Waals surface area (Å²) in [5.74, 6) is 0.543. The highest BCUT2D eigenvalue weighted by molar-refractivity contribution is 6.30. The minimum absolute atomic E-state index is 0.315. The second kappa shape index (κ2) is 7.09. The number of halogens is 1. The fourth-order valence-corrected chi connectivity index (χ4v) is 2.11. The molecule has 5 heteroatoms. The molecule has 1 aromatic carbocycles. The summed E-state index contributed by atoms with van der Waals surface area (Å²) in [5.41, 5.74) is 1.73. The summed E-state index contributed by atoms with van der Waals surface area (Å²) in [7, 11) is 0. The summed E-state index contributed by atoms with van der Waals surface area (Å²) in [6, 6.07) is 7.36. The number of aryl methyl sites for hydroxylation is 1. The number of rotatable bonds is 5. The summed E-state index contributed by atoms with van der Waals surface area (Å²) in [6.45, 7) is 4.68. The van der Waals surface area contributed by atoms with Gasteiger partial charge >= 0.3 is 5.97 Å². The van der Waals surface area contributed by atoms with Gasteiger partial charge in [0, 0.05) is 23.5 Å². The van der Waals surface area contributed by atoms with E-state index >= 15 is 0 Å². The lowest BCUT2D eigenvalue weighted by Crippen LogP contribution is -2.10.